The lowest BCUT2D eigenvalue weighted by atomic mass is 10.0. The van der Waals surface area contributed by atoms with Gasteiger partial charge in [-0.2, -0.15) is 0 Å². The highest BCUT2D eigenvalue weighted by Crippen LogP contribution is 2.36. The summed E-state index contributed by atoms with van der Waals surface area (Å²) in [5.74, 6) is -0.807. The molecule has 0 bridgehead atoms. The molecule has 0 aliphatic heterocycles. The van der Waals surface area contributed by atoms with E-state index in [4.69, 9.17) is 4.74 Å². The Bertz CT molecular complexity index is 977. The minimum Gasteiger partial charge on any atom is -0.550 e. The fraction of sp³-hybridized carbons (Fsp3) is 0.200. The molecule has 0 radical (unpaired) electrons. The van der Waals surface area contributed by atoms with E-state index < -0.39 is 17.3 Å². The third-order valence-corrected chi connectivity index (χ3v) is 5.88. The maximum Gasteiger partial charge on any atom is 0.238 e. The molecule has 160 valence electrons. The number of carbonyl (C=O) groups is 2. The molecule has 2 unspecified atom stereocenters. The van der Waals surface area contributed by atoms with Crippen LogP contribution in [-0.2, 0) is 9.59 Å². The summed E-state index contributed by atoms with van der Waals surface area (Å²) in [6.07, 6.45) is -0.322. The van der Waals surface area contributed by atoms with Crippen molar-refractivity contribution < 1.29 is 19.4 Å². The van der Waals surface area contributed by atoms with Gasteiger partial charge in [0.25, 0.3) is 0 Å². The summed E-state index contributed by atoms with van der Waals surface area (Å²) in [5.41, 5.74) is 1.52. The molecule has 0 heterocycles. The van der Waals surface area contributed by atoms with Gasteiger partial charge in [0.1, 0.15) is 11.0 Å². The molecule has 5 nitrogen and oxygen atoms in total. The average Bonchev–Trinajstić information content (AvgIpc) is 2.79. The lowest BCUT2D eigenvalue weighted by Gasteiger charge is -2.24. The standard InChI is InChI=1S/C25H25NO4S/c1-2-30-20-15-13-18(14-16-20)22(17-23(27)28)26-25(29)24(19-9-5-3-6-10-19)31-21-11-7-4-8-12-21/h3-16,22,24H,2,17H2,1H3,(H,26,29)(H,27,28)/p-1. The van der Waals surface area contributed by atoms with Crippen LogP contribution in [0.2, 0.25) is 0 Å². The lowest BCUT2D eigenvalue weighted by Crippen LogP contribution is -2.36. The average molecular weight is 435 g/mol. The highest BCUT2D eigenvalue weighted by molar-refractivity contribution is 8.00. The van der Waals surface area contributed by atoms with Crippen LogP contribution in [0.5, 0.6) is 5.75 Å². The molecule has 0 saturated heterocycles. The van der Waals surface area contributed by atoms with Gasteiger partial charge >= 0.3 is 0 Å². The third-order valence-electron chi connectivity index (χ3n) is 4.62. The van der Waals surface area contributed by atoms with Gasteiger partial charge in [-0.25, -0.2) is 0 Å². The molecule has 0 spiro atoms. The summed E-state index contributed by atoms with van der Waals surface area (Å²) < 4.78 is 5.45. The van der Waals surface area contributed by atoms with Crippen LogP contribution in [0.25, 0.3) is 0 Å². The zero-order valence-corrected chi connectivity index (χ0v) is 18.0. The van der Waals surface area contributed by atoms with Crippen molar-refractivity contribution in [3.8, 4) is 5.75 Å². The van der Waals surface area contributed by atoms with E-state index in [1.54, 1.807) is 24.3 Å². The normalized spacial score (nSPS) is 12.5. The number of hydrogen-bond donors (Lipinski definition) is 1. The number of carboxylic acid groups (broad SMARTS) is 1. The van der Waals surface area contributed by atoms with Crippen molar-refractivity contribution in [3.63, 3.8) is 0 Å². The van der Waals surface area contributed by atoms with Gasteiger partial charge in [0.05, 0.1) is 12.6 Å². The molecule has 31 heavy (non-hydrogen) atoms. The van der Waals surface area contributed by atoms with E-state index in [1.165, 1.54) is 11.8 Å². The number of carboxylic acids is 1. The van der Waals surface area contributed by atoms with Crippen molar-refractivity contribution >= 4 is 23.6 Å². The zero-order valence-electron chi connectivity index (χ0n) is 17.2. The first-order chi connectivity index (χ1) is 15.1. The predicted molar refractivity (Wildman–Crippen MR) is 120 cm³/mol. The molecular weight excluding hydrogens is 410 g/mol. The smallest absolute Gasteiger partial charge is 0.238 e. The van der Waals surface area contributed by atoms with Gasteiger partial charge in [0, 0.05) is 17.3 Å². The molecule has 3 aromatic rings. The number of carbonyl (C=O) groups excluding carboxylic acids is 2. The Morgan fingerprint density at radius 1 is 0.903 bits per heavy atom. The number of hydrogen-bond acceptors (Lipinski definition) is 5. The summed E-state index contributed by atoms with van der Waals surface area (Å²) in [5, 5.41) is 13.8. The number of benzene rings is 3. The lowest BCUT2D eigenvalue weighted by molar-refractivity contribution is -0.306. The van der Waals surface area contributed by atoms with Crippen LogP contribution in [0.1, 0.15) is 35.8 Å². The van der Waals surface area contributed by atoms with E-state index >= 15 is 0 Å². The van der Waals surface area contributed by atoms with E-state index in [0.29, 0.717) is 17.9 Å². The fourth-order valence-electron chi connectivity index (χ4n) is 3.17. The third kappa shape index (κ3) is 6.62. The Morgan fingerprint density at radius 2 is 1.52 bits per heavy atom. The molecule has 0 fully saturated rings. The van der Waals surface area contributed by atoms with Crippen LogP contribution in [-0.4, -0.2) is 18.5 Å². The van der Waals surface area contributed by atoms with Crippen LogP contribution in [0.4, 0.5) is 0 Å². The van der Waals surface area contributed by atoms with Crippen molar-refractivity contribution in [2.24, 2.45) is 0 Å². The van der Waals surface area contributed by atoms with E-state index in [9.17, 15) is 14.7 Å². The molecule has 1 N–H and O–H groups in total. The van der Waals surface area contributed by atoms with Crippen LogP contribution in [0.3, 0.4) is 0 Å². The maximum absolute atomic E-state index is 13.3. The highest BCUT2D eigenvalue weighted by atomic mass is 32.2. The van der Waals surface area contributed by atoms with Crippen molar-refractivity contribution in [2.45, 2.75) is 29.5 Å². The van der Waals surface area contributed by atoms with Crippen LogP contribution in [0, 0.1) is 0 Å². The zero-order chi connectivity index (χ0) is 22.1. The Balaban J connectivity index is 1.84. The van der Waals surface area contributed by atoms with Gasteiger partial charge < -0.3 is 20.0 Å². The summed E-state index contributed by atoms with van der Waals surface area (Å²) in [4.78, 5) is 25.6. The maximum atomic E-state index is 13.3. The Hall–Kier alpha value is -3.25. The Morgan fingerprint density at radius 3 is 2.10 bits per heavy atom. The molecule has 3 rings (SSSR count). The first-order valence-electron chi connectivity index (χ1n) is 10.1. The van der Waals surface area contributed by atoms with E-state index in [0.717, 1.165) is 10.5 Å². The molecule has 2 atom stereocenters. The number of thioether (sulfide) groups is 1. The molecule has 0 aliphatic rings. The molecule has 0 saturated carbocycles. The van der Waals surface area contributed by atoms with Crippen molar-refractivity contribution in [1.82, 2.24) is 5.32 Å². The molecule has 0 aromatic heterocycles. The second kappa shape index (κ2) is 11.2. The van der Waals surface area contributed by atoms with Gasteiger partial charge in [0.2, 0.25) is 5.91 Å². The molecule has 6 heteroatoms. The van der Waals surface area contributed by atoms with Crippen molar-refractivity contribution in [2.75, 3.05) is 6.61 Å². The van der Waals surface area contributed by atoms with E-state index in [1.807, 2.05) is 67.6 Å². The van der Waals surface area contributed by atoms with Gasteiger partial charge in [-0.15, -0.1) is 11.8 Å². The number of amides is 1. The van der Waals surface area contributed by atoms with Gasteiger partial charge in [-0.1, -0.05) is 60.7 Å². The summed E-state index contributed by atoms with van der Waals surface area (Å²) >= 11 is 1.42. The molecular formula is C25H24NO4S-. The van der Waals surface area contributed by atoms with Gasteiger partial charge in [-0.05, 0) is 42.3 Å². The second-order valence-electron chi connectivity index (χ2n) is 6.86. The van der Waals surface area contributed by atoms with E-state index in [-0.39, 0.29) is 12.3 Å². The second-order valence-corrected chi connectivity index (χ2v) is 8.04. The number of rotatable bonds is 10. The quantitative estimate of drug-likeness (QED) is 0.490. The largest absolute Gasteiger partial charge is 0.550 e. The summed E-state index contributed by atoms with van der Waals surface area (Å²) in [6, 6.07) is 25.4. The van der Waals surface area contributed by atoms with Gasteiger partial charge in [-0.3, -0.25) is 4.79 Å². The number of nitrogens with one attached hydrogen (secondary N) is 1. The SMILES string of the molecule is CCOc1ccc(C(CC(=O)[O-])NC(=O)C(Sc2ccccc2)c2ccccc2)cc1. The summed E-state index contributed by atoms with van der Waals surface area (Å²) in [6.45, 7) is 2.43. The van der Waals surface area contributed by atoms with E-state index in [2.05, 4.69) is 5.32 Å². The van der Waals surface area contributed by atoms with Crippen LogP contribution >= 0.6 is 11.8 Å². The topological polar surface area (TPSA) is 78.5 Å². The van der Waals surface area contributed by atoms with Gasteiger partial charge in [0.15, 0.2) is 0 Å². The first-order valence-corrected chi connectivity index (χ1v) is 10.9. The Kier molecular flexibility index (Phi) is 8.12. The number of ether oxygens (including phenoxy) is 1. The van der Waals surface area contributed by atoms with Crippen molar-refractivity contribution in [3.05, 3.63) is 96.1 Å². The first kappa shape index (κ1) is 22.4. The molecule has 0 aliphatic carbocycles. The van der Waals surface area contributed by atoms with Crippen molar-refractivity contribution in [1.29, 1.82) is 0 Å². The minimum absolute atomic E-state index is 0.264. The highest BCUT2D eigenvalue weighted by Gasteiger charge is 2.25. The number of aliphatic carboxylic acids is 1. The predicted octanol–water partition coefficient (Wildman–Crippen LogP) is 3.92. The molecule has 3 aromatic carbocycles. The molecule has 1 amide bonds. The van der Waals surface area contributed by atoms with Crippen LogP contribution < -0.4 is 15.2 Å². The monoisotopic (exact) mass is 434 g/mol. The summed E-state index contributed by atoms with van der Waals surface area (Å²) in [7, 11) is 0. The van der Waals surface area contributed by atoms with Crippen LogP contribution in [0.15, 0.2) is 89.8 Å². The fourth-order valence-corrected chi connectivity index (χ4v) is 4.22. The Labute approximate surface area is 186 Å². The minimum atomic E-state index is -1.23.